The van der Waals surface area contributed by atoms with Crippen molar-refractivity contribution in [3.05, 3.63) is 48.4 Å². The van der Waals surface area contributed by atoms with Crippen LogP contribution in [0.5, 0.6) is 5.75 Å². The second-order valence-electron chi connectivity index (χ2n) is 3.02. The van der Waals surface area contributed by atoms with Gasteiger partial charge in [0.05, 0.1) is 11.8 Å². The fourth-order valence-electron chi connectivity index (χ4n) is 1.18. The molecule has 1 heterocycles. The minimum absolute atomic E-state index is 0.111. The number of hydrogen-bond donors (Lipinski definition) is 2. The predicted octanol–water partition coefficient (Wildman–Crippen LogP) is 2.24. The highest BCUT2D eigenvalue weighted by molar-refractivity contribution is 6.04. The second kappa shape index (κ2) is 3.88. The fraction of sp³-hybridized carbons (Fsp3) is 0. The van der Waals surface area contributed by atoms with Crippen LogP contribution in [0.25, 0.3) is 0 Å². The number of rotatable bonds is 2. The van der Waals surface area contributed by atoms with E-state index in [1.165, 1.54) is 24.7 Å². The maximum Gasteiger partial charge on any atom is 0.258 e. The molecule has 2 N–H and O–H groups in total. The van der Waals surface area contributed by atoms with Gasteiger partial charge in [0.2, 0.25) is 0 Å². The largest absolute Gasteiger partial charge is 0.508 e. The molecule has 0 spiro atoms. The Morgan fingerprint density at radius 1 is 1.33 bits per heavy atom. The number of carbonyl (C=O) groups excluding carboxylic acids is 1. The van der Waals surface area contributed by atoms with Crippen LogP contribution < -0.4 is 5.32 Å². The summed E-state index contributed by atoms with van der Waals surface area (Å²) in [5.41, 5.74) is 0.986. The Bertz CT molecular complexity index is 462. The highest BCUT2D eigenvalue weighted by atomic mass is 16.3. The standard InChI is InChI=1S/C11H9NO3/c13-10-3-1-2-9(6-10)12-11(14)8-4-5-15-7-8/h1-7,13H,(H,12,14). The van der Waals surface area contributed by atoms with Crippen molar-refractivity contribution in [1.82, 2.24) is 0 Å². The lowest BCUT2D eigenvalue weighted by Gasteiger charge is -2.03. The minimum atomic E-state index is -0.269. The van der Waals surface area contributed by atoms with Crippen LogP contribution in [0.1, 0.15) is 10.4 Å². The molecule has 2 rings (SSSR count). The molecule has 0 fully saturated rings. The first-order valence-electron chi connectivity index (χ1n) is 4.38. The molecule has 1 aromatic carbocycles. The van der Waals surface area contributed by atoms with E-state index in [-0.39, 0.29) is 11.7 Å². The summed E-state index contributed by atoms with van der Waals surface area (Å²) < 4.78 is 4.79. The zero-order valence-corrected chi connectivity index (χ0v) is 7.81. The van der Waals surface area contributed by atoms with Gasteiger partial charge in [-0.3, -0.25) is 4.79 Å². The second-order valence-corrected chi connectivity index (χ2v) is 3.02. The number of phenolic OH excluding ortho intramolecular Hbond substituents is 1. The molecule has 2 aromatic rings. The Morgan fingerprint density at radius 2 is 2.20 bits per heavy atom. The van der Waals surface area contributed by atoms with Gasteiger partial charge in [0.25, 0.3) is 5.91 Å². The van der Waals surface area contributed by atoms with Crippen molar-refractivity contribution >= 4 is 11.6 Å². The number of amides is 1. The molecule has 0 aliphatic rings. The predicted molar refractivity (Wildman–Crippen MR) is 54.8 cm³/mol. The van der Waals surface area contributed by atoms with Crippen LogP contribution >= 0.6 is 0 Å². The summed E-state index contributed by atoms with van der Waals surface area (Å²) in [5.74, 6) is -0.158. The van der Waals surface area contributed by atoms with Gasteiger partial charge in [0.1, 0.15) is 12.0 Å². The smallest absolute Gasteiger partial charge is 0.258 e. The van der Waals surface area contributed by atoms with Gasteiger partial charge in [-0.15, -0.1) is 0 Å². The lowest BCUT2D eigenvalue weighted by molar-refractivity contribution is 0.102. The summed E-state index contributed by atoms with van der Waals surface area (Å²) in [7, 11) is 0. The number of benzene rings is 1. The van der Waals surface area contributed by atoms with Gasteiger partial charge in [-0.05, 0) is 18.2 Å². The van der Waals surface area contributed by atoms with E-state index in [1.54, 1.807) is 18.2 Å². The number of carbonyl (C=O) groups is 1. The van der Waals surface area contributed by atoms with Crippen LogP contribution in [0.4, 0.5) is 5.69 Å². The SMILES string of the molecule is O=C(Nc1cccc(O)c1)c1ccoc1. The molecule has 4 nitrogen and oxygen atoms in total. The average Bonchev–Trinajstić information content (AvgIpc) is 2.70. The summed E-state index contributed by atoms with van der Waals surface area (Å²) in [6, 6.07) is 7.92. The minimum Gasteiger partial charge on any atom is -0.508 e. The zero-order valence-electron chi connectivity index (χ0n) is 7.81. The molecule has 0 saturated carbocycles. The highest BCUT2D eigenvalue weighted by Gasteiger charge is 2.06. The van der Waals surface area contributed by atoms with Crippen molar-refractivity contribution in [2.24, 2.45) is 0 Å². The van der Waals surface area contributed by atoms with Crippen LogP contribution in [0.15, 0.2) is 47.3 Å². The van der Waals surface area contributed by atoms with Crippen molar-refractivity contribution in [2.45, 2.75) is 0 Å². The third kappa shape index (κ3) is 2.17. The van der Waals surface area contributed by atoms with Gasteiger partial charge < -0.3 is 14.8 Å². The number of nitrogens with one attached hydrogen (secondary N) is 1. The van der Waals surface area contributed by atoms with Crippen LogP contribution in [0, 0.1) is 0 Å². The van der Waals surface area contributed by atoms with Gasteiger partial charge in [0.15, 0.2) is 0 Å². The van der Waals surface area contributed by atoms with Crippen molar-refractivity contribution in [3.63, 3.8) is 0 Å². The molecular formula is C11H9NO3. The number of furan rings is 1. The van der Waals surface area contributed by atoms with E-state index < -0.39 is 0 Å². The molecule has 0 aliphatic carbocycles. The first kappa shape index (κ1) is 9.33. The molecule has 0 saturated heterocycles. The molecule has 1 aromatic heterocycles. The first-order valence-corrected chi connectivity index (χ1v) is 4.38. The normalized spacial score (nSPS) is 9.87. The third-order valence-electron chi connectivity index (χ3n) is 1.89. The van der Waals surface area contributed by atoms with Crippen LogP contribution in [0.3, 0.4) is 0 Å². The summed E-state index contributed by atoms with van der Waals surface area (Å²) in [6.45, 7) is 0. The molecule has 15 heavy (non-hydrogen) atoms. The summed E-state index contributed by atoms with van der Waals surface area (Å²) in [5, 5.41) is 11.8. The van der Waals surface area contributed by atoms with Crippen LogP contribution in [-0.2, 0) is 0 Å². The van der Waals surface area contributed by atoms with Crippen molar-refractivity contribution in [2.75, 3.05) is 5.32 Å². The van der Waals surface area contributed by atoms with E-state index in [2.05, 4.69) is 5.32 Å². The van der Waals surface area contributed by atoms with E-state index in [9.17, 15) is 9.90 Å². The van der Waals surface area contributed by atoms with E-state index in [4.69, 9.17) is 4.42 Å². The van der Waals surface area contributed by atoms with Gasteiger partial charge >= 0.3 is 0 Å². The molecular weight excluding hydrogens is 194 g/mol. The lowest BCUT2D eigenvalue weighted by atomic mass is 10.2. The Labute approximate surface area is 86.2 Å². The number of aromatic hydroxyl groups is 1. The van der Waals surface area contributed by atoms with E-state index in [0.717, 1.165) is 0 Å². The van der Waals surface area contributed by atoms with Crippen molar-refractivity contribution < 1.29 is 14.3 Å². The van der Waals surface area contributed by atoms with Crippen LogP contribution in [-0.4, -0.2) is 11.0 Å². The molecule has 1 amide bonds. The summed E-state index contributed by atoms with van der Waals surface area (Å²) in [4.78, 5) is 11.5. The third-order valence-corrected chi connectivity index (χ3v) is 1.89. The first-order chi connectivity index (χ1) is 7.25. The molecule has 0 unspecified atom stereocenters. The van der Waals surface area contributed by atoms with Gasteiger partial charge in [-0.1, -0.05) is 6.07 Å². The summed E-state index contributed by atoms with van der Waals surface area (Å²) in [6.07, 6.45) is 2.79. The molecule has 4 heteroatoms. The Hall–Kier alpha value is -2.23. The topological polar surface area (TPSA) is 62.5 Å². The number of hydrogen-bond acceptors (Lipinski definition) is 3. The van der Waals surface area contributed by atoms with Crippen LogP contribution in [0.2, 0.25) is 0 Å². The van der Waals surface area contributed by atoms with E-state index in [1.807, 2.05) is 0 Å². The highest BCUT2D eigenvalue weighted by Crippen LogP contribution is 2.16. The maximum atomic E-state index is 11.5. The van der Waals surface area contributed by atoms with Crippen molar-refractivity contribution in [3.8, 4) is 5.75 Å². The Morgan fingerprint density at radius 3 is 2.87 bits per heavy atom. The number of phenols is 1. The number of anilines is 1. The quantitative estimate of drug-likeness (QED) is 0.786. The Kier molecular flexibility index (Phi) is 2.41. The molecule has 0 radical (unpaired) electrons. The van der Waals surface area contributed by atoms with Gasteiger partial charge in [-0.2, -0.15) is 0 Å². The van der Waals surface area contributed by atoms with E-state index >= 15 is 0 Å². The molecule has 0 aliphatic heterocycles. The lowest BCUT2D eigenvalue weighted by Crippen LogP contribution is -2.10. The fourth-order valence-corrected chi connectivity index (χ4v) is 1.18. The maximum absolute atomic E-state index is 11.5. The van der Waals surface area contributed by atoms with Gasteiger partial charge in [0, 0.05) is 11.8 Å². The van der Waals surface area contributed by atoms with E-state index in [0.29, 0.717) is 11.3 Å². The molecule has 0 atom stereocenters. The average molecular weight is 203 g/mol. The van der Waals surface area contributed by atoms with Crippen molar-refractivity contribution in [1.29, 1.82) is 0 Å². The summed E-state index contributed by atoms with van der Waals surface area (Å²) >= 11 is 0. The molecule has 0 bridgehead atoms. The van der Waals surface area contributed by atoms with Gasteiger partial charge in [-0.25, -0.2) is 0 Å². The molecule has 76 valence electrons. The zero-order chi connectivity index (χ0) is 10.7. The monoisotopic (exact) mass is 203 g/mol. The Balaban J connectivity index is 2.13.